The Bertz CT molecular complexity index is 322. The van der Waals surface area contributed by atoms with Crippen LogP contribution in [-0.4, -0.2) is 41.6 Å². The number of nitrogens with zero attached hydrogens (tertiary/aromatic N) is 3. The molecule has 0 amide bonds. The van der Waals surface area contributed by atoms with Gasteiger partial charge in [-0.2, -0.15) is 0 Å². The van der Waals surface area contributed by atoms with Crippen molar-refractivity contribution < 1.29 is 4.74 Å². The summed E-state index contributed by atoms with van der Waals surface area (Å²) in [5.74, 6) is 1.24. The molecule has 82 valence electrons. The molecular weight excluding hydrogens is 281 g/mol. The van der Waals surface area contributed by atoms with Gasteiger partial charge in [0.05, 0.1) is 23.7 Å². The number of alkyl halides is 1. The van der Waals surface area contributed by atoms with Crippen LogP contribution in [0, 0.1) is 0 Å². The van der Waals surface area contributed by atoms with Gasteiger partial charge in [-0.05, 0) is 15.9 Å². The second-order valence-corrected chi connectivity index (χ2v) is 4.50. The SMILES string of the molecule is ClCC1COCCN1c1ncc(Br)cn1. The molecule has 0 bridgehead atoms. The molecule has 4 nitrogen and oxygen atoms in total. The zero-order chi connectivity index (χ0) is 10.7. The van der Waals surface area contributed by atoms with Gasteiger partial charge in [0.25, 0.3) is 0 Å². The molecule has 0 aromatic carbocycles. The van der Waals surface area contributed by atoms with Crippen LogP contribution >= 0.6 is 27.5 Å². The lowest BCUT2D eigenvalue weighted by atomic mass is 10.3. The van der Waals surface area contributed by atoms with Gasteiger partial charge < -0.3 is 9.64 Å². The van der Waals surface area contributed by atoms with Gasteiger partial charge in [-0.1, -0.05) is 0 Å². The third kappa shape index (κ3) is 2.59. The highest BCUT2D eigenvalue weighted by molar-refractivity contribution is 9.10. The molecule has 0 radical (unpaired) electrons. The molecule has 1 aliphatic rings. The largest absolute Gasteiger partial charge is 0.377 e. The summed E-state index contributed by atoms with van der Waals surface area (Å²) in [5.41, 5.74) is 0. The molecule has 0 spiro atoms. The van der Waals surface area contributed by atoms with E-state index in [-0.39, 0.29) is 6.04 Å². The fraction of sp³-hybridized carbons (Fsp3) is 0.556. The van der Waals surface area contributed by atoms with Crippen molar-refractivity contribution in [1.29, 1.82) is 0 Å². The van der Waals surface area contributed by atoms with Gasteiger partial charge in [0.2, 0.25) is 5.95 Å². The van der Waals surface area contributed by atoms with Crippen molar-refractivity contribution in [3.63, 3.8) is 0 Å². The lowest BCUT2D eigenvalue weighted by Gasteiger charge is -2.34. The fourth-order valence-electron chi connectivity index (χ4n) is 1.50. The number of hydrogen-bond acceptors (Lipinski definition) is 4. The van der Waals surface area contributed by atoms with E-state index in [1.807, 2.05) is 0 Å². The van der Waals surface area contributed by atoms with Gasteiger partial charge in [-0.3, -0.25) is 0 Å². The Morgan fingerprint density at radius 2 is 2.27 bits per heavy atom. The van der Waals surface area contributed by atoms with Crippen molar-refractivity contribution in [2.45, 2.75) is 6.04 Å². The van der Waals surface area contributed by atoms with Crippen molar-refractivity contribution in [1.82, 2.24) is 9.97 Å². The normalized spacial score (nSPS) is 21.7. The third-order valence-corrected chi connectivity index (χ3v) is 3.03. The first-order valence-electron chi connectivity index (χ1n) is 4.69. The van der Waals surface area contributed by atoms with Crippen LogP contribution in [0.1, 0.15) is 0 Å². The number of morpholine rings is 1. The Hall–Kier alpha value is -0.390. The molecule has 2 heterocycles. The summed E-state index contributed by atoms with van der Waals surface area (Å²) in [5, 5.41) is 0. The van der Waals surface area contributed by atoms with Crippen LogP contribution < -0.4 is 4.90 Å². The first kappa shape index (κ1) is 11.1. The molecule has 1 aliphatic heterocycles. The van der Waals surface area contributed by atoms with E-state index in [0.29, 0.717) is 25.0 Å². The molecule has 1 unspecified atom stereocenters. The average Bonchev–Trinajstić information content (AvgIpc) is 2.30. The molecule has 1 saturated heterocycles. The summed E-state index contributed by atoms with van der Waals surface area (Å²) in [6.45, 7) is 2.13. The van der Waals surface area contributed by atoms with E-state index in [0.717, 1.165) is 11.0 Å². The zero-order valence-electron chi connectivity index (χ0n) is 8.07. The summed E-state index contributed by atoms with van der Waals surface area (Å²) in [4.78, 5) is 10.6. The van der Waals surface area contributed by atoms with Gasteiger partial charge >= 0.3 is 0 Å². The van der Waals surface area contributed by atoms with E-state index >= 15 is 0 Å². The maximum Gasteiger partial charge on any atom is 0.225 e. The maximum absolute atomic E-state index is 5.87. The molecule has 0 N–H and O–H groups in total. The van der Waals surface area contributed by atoms with Gasteiger partial charge in [0.1, 0.15) is 0 Å². The van der Waals surface area contributed by atoms with Gasteiger partial charge in [0, 0.05) is 24.8 Å². The molecular formula is C9H11BrClN3O. The molecule has 1 aromatic rings. The van der Waals surface area contributed by atoms with Crippen molar-refractivity contribution in [3.05, 3.63) is 16.9 Å². The summed E-state index contributed by atoms with van der Waals surface area (Å²) < 4.78 is 6.23. The Morgan fingerprint density at radius 1 is 1.53 bits per heavy atom. The number of hydrogen-bond donors (Lipinski definition) is 0. The number of rotatable bonds is 2. The van der Waals surface area contributed by atoms with E-state index in [1.165, 1.54) is 0 Å². The van der Waals surface area contributed by atoms with E-state index < -0.39 is 0 Å². The highest BCUT2D eigenvalue weighted by atomic mass is 79.9. The topological polar surface area (TPSA) is 38.2 Å². The summed E-state index contributed by atoms with van der Waals surface area (Å²) in [6.07, 6.45) is 3.48. The van der Waals surface area contributed by atoms with Crippen molar-refractivity contribution in [3.8, 4) is 0 Å². The Morgan fingerprint density at radius 3 is 2.93 bits per heavy atom. The zero-order valence-corrected chi connectivity index (χ0v) is 10.4. The van der Waals surface area contributed by atoms with Crippen molar-refractivity contribution in [2.24, 2.45) is 0 Å². The Balaban J connectivity index is 2.16. The van der Waals surface area contributed by atoms with E-state index in [1.54, 1.807) is 12.4 Å². The van der Waals surface area contributed by atoms with Crippen LogP contribution in [0.4, 0.5) is 5.95 Å². The minimum absolute atomic E-state index is 0.168. The Kier molecular flexibility index (Phi) is 3.77. The molecule has 1 atom stereocenters. The van der Waals surface area contributed by atoms with Gasteiger partial charge in [0.15, 0.2) is 0 Å². The molecule has 0 aliphatic carbocycles. The quantitative estimate of drug-likeness (QED) is 0.778. The average molecular weight is 293 g/mol. The van der Waals surface area contributed by atoms with E-state index in [4.69, 9.17) is 16.3 Å². The van der Waals surface area contributed by atoms with Crippen LogP contribution in [0.15, 0.2) is 16.9 Å². The van der Waals surface area contributed by atoms with Crippen LogP contribution in [0.3, 0.4) is 0 Å². The highest BCUT2D eigenvalue weighted by Crippen LogP contribution is 2.17. The summed E-state index contributed by atoms with van der Waals surface area (Å²) >= 11 is 9.18. The fourth-order valence-corrected chi connectivity index (χ4v) is 1.96. The van der Waals surface area contributed by atoms with Crippen molar-refractivity contribution in [2.75, 3.05) is 30.5 Å². The smallest absolute Gasteiger partial charge is 0.225 e. The highest BCUT2D eigenvalue weighted by Gasteiger charge is 2.24. The van der Waals surface area contributed by atoms with Gasteiger partial charge in [-0.25, -0.2) is 9.97 Å². The number of ether oxygens (including phenoxy) is 1. The van der Waals surface area contributed by atoms with Crippen LogP contribution in [0.2, 0.25) is 0 Å². The standard InChI is InChI=1S/C9H11BrClN3O/c10-7-4-12-9(13-5-7)14-1-2-15-6-8(14)3-11/h4-5,8H,1-3,6H2. The predicted molar refractivity (Wildman–Crippen MR) is 62.4 cm³/mol. The molecule has 0 saturated carbocycles. The predicted octanol–water partition coefficient (Wildman–Crippen LogP) is 1.68. The van der Waals surface area contributed by atoms with E-state index in [9.17, 15) is 0 Å². The minimum Gasteiger partial charge on any atom is -0.377 e. The maximum atomic E-state index is 5.87. The van der Waals surface area contributed by atoms with Crippen LogP contribution in [0.5, 0.6) is 0 Å². The van der Waals surface area contributed by atoms with Crippen LogP contribution in [-0.2, 0) is 4.74 Å². The monoisotopic (exact) mass is 291 g/mol. The minimum atomic E-state index is 0.168. The summed E-state index contributed by atoms with van der Waals surface area (Å²) in [6, 6.07) is 0.168. The Labute approximate surface area is 102 Å². The molecule has 1 fully saturated rings. The second-order valence-electron chi connectivity index (χ2n) is 3.28. The first-order chi connectivity index (χ1) is 7.31. The van der Waals surface area contributed by atoms with E-state index in [2.05, 4.69) is 30.8 Å². The number of anilines is 1. The summed E-state index contributed by atoms with van der Waals surface area (Å²) in [7, 11) is 0. The number of halogens is 2. The van der Waals surface area contributed by atoms with Gasteiger partial charge in [-0.15, -0.1) is 11.6 Å². The molecule has 2 rings (SSSR count). The van der Waals surface area contributed by atoms with Crippen LogP contribution in [0.25, 0.3) is 0 Å². The van der Waals surface area contributed by atoms with Crippen molar-refractivity contribution >= 4 is 33.5 Å². The molecule has 1 aromatic heterocycles. The lowest BCUT2D eigenvalue weighted by Crippen LogP contribution is -2.47. The molecule has 15 heavy (non-hydrogen) atoms. The third-order valence-electron chi connectivity index (χ3n) is 2.27. The number of aromatic nitrogens is 2. The molecule has 6 heteroatoms. The first-order valence-corrected chi connectivity index (χ1v) is 6.02. The lowest BCUT2D eigenvalue weighted by molar-refractivity contribution is 0.0989. The second kappa shape index (κ2) is 5.09.